The molecule has 0 N–H and O–H groups in total. The van der Waals surface area contributed by atoms with Crippen molar-refractivity contribution in [3.05, 3.63) is 46.0 Å². The van der Waals surface area contributed by atoms with E-state index >= 15 is 0 Å². The van der Waals surface area contributed by atoms with Gasteiger partial charge in [-0.05, 0) is 6.92 Å². The summed E-state index contributed by atoms with van der Waals surface area (Å²) in [5.41, 5.74) is 0.377. The van der Waals surface area contributed by atoms with Crippen molar-refractivity contribution in [2.24, 2.45) is 0 Å². The Morgan fingerprint density at radius 2 is 2.22 bits per heavy atom. The van der Waals surface area contributed by atoms with Crippen LogP contribution >= 0.6 is 11.6 Å². The van der Waals surface area contributed by atoms with Crippen LogP contribution in [0.2, 0.25) is 0 Å². The van der Waals surface area contributed by atoms with Crippen molar-refractivity contribution in [1.29, 1.82) is 0 Å². The fourth-order valence-corrected chi connectivity index (χ4v) is 1.48. The molecule has 18 heavy (non-hydrogen) atoms. The highest BCUT2D eigenvalue weighted by Crippen LogP contribution is 2.21. The highest BCUT2D eigenvalue weighted by atomic mass is 35.5. The smallest absolute Gasteiger partial charge is 0.258 e. The largest absolute Gasteiger partial charge is 0.274 e. The Morgan fingerprint density at radius 3 is 2.78 bits per heavy atom. The molecule has 6 nitrogen and oxygen atoms in total. The van der Waals surface area contributed by atoms with Gasteiger partial charge in [0.15, 0.2) is 0 Å². The van der Waals surface area contributed by atoms with Crippen LogP contribution in [0.1, 0.15) is 18.0 Å². The molecule has 1 atom stereocenters. The van der Waals surface area contributed by atoms with Gasteiger partial charge in [-0.1, -0.05) is 5.21 Å². The Labute approximate surface area is 106 Å². The molecular formula is C10H8ClFN4O2. The number of nitrogens with zero attached hydrogens (tertiary/aromatic N) is 4. The van der Waals surface area contributed by atoms with Crippen LogP contribution < -0.4 is 0 Å². The Kier molecular flexibility index (Phi) is 3.24. The molecule has 0 fully saturated rings. The van der Waals surface area contributed by atoms with Gasteiger partial charge in [0.25, 0.3) is 5.69 Å². The van der Waals surface area contributed by atoms with E-state index in [4.69, 9.17) is 11.6 Å². The molecule has 0 spiro atoms. The lowest BCUT2D eigenvalue weighted by Gasteiger charge is -2.00. The molecule has 0 amide bonds. The Balaban J connectivity index is 2.46. The van der Waals surface area contributed by atoms with Gasteiger partial charge in [-0.25, -0.2) is 9.07 Å². The third-order valence-corrected chi connectivity index (χ3v) is 2.48. The van der Waals surface area contributed by atoms with E-state index < -0.39 is 10.7 Å². The molecule has 0 aliphatic heterocycles. The molecular weight excluding hydrogens is 263 g/mol. The maximum Gasteiger partial charge on any atom is 0.274 e. The van der Waals surface area contributed by atoms with Crippen LogP contribution in [-0.4, -0.2) is 19.9 Å². The first-order valence-corrected chi connectivity index (χ1v) is 5.42. The maximum atomic E-state index is 13.2. The number of alkyl halides is 1. The predicted molar refractivity (Wildman–Crippen MR) is 62.2 cm³/mol. The van der Waals surface area contributed by atoms with Gasteiger partial charge in [-0.15, -0.1) is 16.7 Å². The summed E-state index contributed by atoms with van der Waals surface area (Å²) in [4.78, 5) is 9.95. The monoisotopic (exact) mass is 270 g/mol. The van der Waals surface area contributed by atoms with Crippen molar-refractivity contribution < 1.29 is 9.31 Å². The topological polar surface area (TPSA) is 73.8 Å². The van der Waals surface area contributed by atoms with Gasteiger partial charge in [-0.2, -0.15) is 0 Å². The summed E-state index contributed by atoms with van der Waals surface area (Å²) in [7, 11) is 0. The molecule has 0 bridgehead atoms. The summed E-state index contributed by atoms with van der Waals surface area (Å²) in [6, 6.07) is 3.18. The van der Waals surface area contributed by atoms with Gasteiger partial charge in [0, 0.05) is 12.1 Å². The standard InChI is InChI=1S/C10H8ClFN4O2/c1-6(11)10-5-15(14-13-10)8-2-7(12)3-9(4-8)16(17)18/h2-6H,1H3. The summed E-state index contributed by atoms with van der Waals surface area (Å²) in [6.45, 7) is 1.71. The minimum absolute atomic E-state index is 0.220. The van der Waals surface area contributed by atoms with Gasteiger partial charge in [0.05, 0.1) is 28.3 Å². The van der Waals surface area contributed by atoms with E-state index in [1.165, 1.54) is 16.9 Å². The van der Waals surface area contributed by atoms with E-state index in [0.717, 1.165) is 12.1 Å². The second-order valence-electron chi connectivity index (χ2n) is 3.63. The third kappa shape index (κ3) is 2.45. The van der Waals surface area contributed by atoms with Crippen LogP contribution in [0.25, 0.3) is 5.69 Å². The SMILES string of the molecule is CC(Cl)c1cn(-c2cc(F)cc([N+](=O)[O-])c2)nn1. The first-order valence-electron chi connectivity index (χ1n) is 4.99. The first kappa shape index (κ1) is 12.4. The second-order valence-corrected chi connectivity index (χ2v) is 4.28. The highest BCUT2D eigenvalue weighted by molar-refractivity contribution is 6.20. The number of hydrogen-bond acceptors (Lipinski definition) is 4. The number of aromatic nitrogens is 3. The summed E-state index contributed by atoms with van der Waals surface area (Å²) >= 11 is 5.82. The van der Waals surface area contributed by atoms with Crippen LogP contribution in [0, 0.1) is 15.9 Å². The van der Waals surface area contributed by atoms with Gasteiger partial charge in [0.2, 0.25) is 0 Å². The van der Waals surface area contributed by atoms with Crippen molar-refractivity contribution in [2.75, 3.05) is 0 Å². The van der Waals surface area contributed by atoms with Gasteiger partial charge >= 0.3 is 0 Å². The number of nitro groups is 1. The zero-order valence-electron chi connectivity index (χ0n) is 9.25. The number of rotatable bonds is 3. The van der Waals surface area contributed by atoms with Crippen molar-refractivity contribution in [2.45, 2.75) is 12.3 Å². The Bertz CT molecular complexity index is 599. The lowest BCUT2D eigenvalue weighted by atomic mass is 10.2. The van der Waals surface area contributed by atoms with E-state index in [0.29, 0.717) is 5.69 Å². The molecule has 1 heterocycles. The number of nitro benzene ring substituents is 1. The minimum Gasteiger partial charge on any atom is -0.258 e. The molecule has 1 aromatic carbocycles. The van der Waals surface area contributed by atoms with Crippen LogP contribution in [0.3, 0.4) is 0 Å². The molecule has 2 aromatic rings. The molecule has 0 saturated carbocycles. The minimum atomic E-state index is -0.713. The molecule has 2 rings (SSSR count). The molecule has 1 aromatic heterocycles. The molecule has 0 radical (unpaired) electrons. The number of benzene rings is 1. The number of halogens is 2. The zero-order valence-corrected chi connectivity index (χ0v) is 10.0. The molecule has 0 saturated heterocycles. The number of hydrogen-bond donors (Lipinski definition) is 0. The molecule has 1 unspecified atom stereocenters. The van der Waals surface area contributed by atoms with Gasteiger partial charge in [0.1, 0.15) is 11.5 Å². The first-order chi connectivity index (χ1) is 8.47. The van der Waals surface area contributed by atoms with E-state index in [1.807, 2.05) is 0 Å². The van der Waals surface area contributed by atoms with E-state index in [-0.39, 0.29) is 16.8 Å². The normalized spacial score (nSPS) is 12.4. The summed E-state index contributed by atoms with van der Waals surface area (Å²) in [5.74, 6) is -0.713. The summed E-state index contributed by atoms with van der Waals surface area (Å²) < 4.78 is 14.5. The van der Waals surface area contributed by atoms with Crippen LogP contribution in [0.5, 0.6) is 0 Å². The fourth-order valence-electron chi connectivity index (χ4n) is 1.38. The summed E-state index contributed by atoms with van der Waals surface area (Å²) in [6.07, 6.45) is 1.50. The van der Waals surface area contributed by atoms with E-state index in [2.05, 4.69) is 10.3 Å². The Hall–Kier alpha value is -2.02. The summed E-state index contributed by atoms with van der Waals surface area (Å²) in [5, 5.41) is 17.8. The molecule has 8 heteroatoms. The second kappa shape index (κ2) is 4.69. The predicted octanol–water partition coefficient (Wildman–Crippen LogP) is 2.61. The fraction of sp³-hybridized carbons (Fsp3) is 0.200. The van der Waals surface area contributed by atoms with E-state index in [1.54, 1.807) is 6.92 Å². The van der Waals surface area contributed by atoms with Crippen molar-refractivity contribution in [3.63, 3.8) is 0 Å². The third-order valence-electron chi connectivity index (χ3n) is 2.26. The molecule has 0 aliphatic carbocycles. The average molecular weight is 271 g/mol. The quantitative estimate of drug-likeness (QED) is 0.488. The lowest BCUT2D eigenvalue weighted by molar-refractivity contribution is -0.385. The van der Waals surface area contributed by atoms with Crippen molar-refractivity contribution in [3.8, 4) is 5.69 Å². The average Bonchev–Trinajstić information content (AvgIpc) is 2.77. The molecule has 0 aliphatic rings. The van der Waals surface area contributed by atoms with Gasteiger partial charge in [-0.3, -0.25) is 10.1 Å². The van der Waals surface area contributed by atoms with Crippen LogP contribution in [0.15, 0.2) is 24.4 Å². The lowest BCUT2D eigenvalue weighted by Crippen LogP contribution is -1.98. The molecule has 94 valence electrons. The van der Waals surface area contributed by atoms with Crippen molar-refractivity contribution in [1.82, 2.24) is 15.0 Å². The zero-order chi connectivity index (χ0) is 13.3. The van der Waals surface area contributed by atoms with Gasteiger partial charge < -0.3 is 0 Å². The Morgan fingerprint density at radius 1 is 1.50 bits per heavy atom. The van der Waals surface area contributed by atoms with E-state index in [9.17, 15) is 14.5 Å². The maximum absolute atomic E-state index is 13.2. The highest BCUT2D eigenvalue weighted by Gasteiger charge is 2.13. The number of non-ortho nitro benzene ring substituents is 1. The van der Waals surface area contributed by atoms with Crippen LogP contribution in [-0.2, 0) is 0 Å². The van der Waals surface area contributed by atoms with Crippen molar-refractivity contribution >= 4 is 17.3 Å². The van der Waals surface area contributed by atoms with Crippen LogP contribution in [0.4, 0.5) is 10.1 Å².